The highest BCUT2D eigenvalue weighted by molar-refractivity contribution is 5.78. The van der Waals surface area contributed by atoms with E-state index < -0.39 is 0 Å². The normalized spacial score (nSPS) is 12.3. The van der Waals surface area contributed by atoms with E-state index in [4.69, 9.17) is 5.73 Å². The van der Waals surface area contributed by atoms with Crippen LogP contribution in [0.1, 0.15) is 19.8 Å². The molecule has 0 heterocycles. The van der Waals surface area contributed by atoms with Crippen molar-refractivity contribution in [3.8, 4) is 0 Å². The summed E-state index contributed by atoms with van der Waals surface area (Å²) in [5.41, 5.74) is 7.48. The summed E-state index contributed by atoms with van der Waals surface area (Å²) < 4.78 is 4.55. The number of carbonyl (C=O) groups excluding carboxylic acids is 1. The number of nitrogens with two attached hydrogens (primary N) is 1. The number of hydrogen-bond donors (Lipinski definition) is 2. The number of hydrazone groups is 1. The molecule has 0 atom stereocenters. The number of ether oxygens (including phenoxy) is 1. The Morgan fingerprint density at radius 1 is 1.53 bits per heavy atom. The van der Waals surface area contributed by atoms with Gasteiger partial charge >= 0.3 is 6.02 Å². The summed E-state index contributed by atoms with van der Waals surface area (Å²) in [6.45, 7) is 1.93. The van der Waals surface area contributed by atoms with Crippen molar-refractivity contribution in [2.24, 2.45) is 10.8 Å². The van der Waals surface area contributed by atoms with Gasteiger partial charge in [-0.3, -0.25) is 4.79 Å². The zero-order chi connectivity index (χ0) is 11.5. The van der Waals surface area contributed by atoms with Crippen molar-refractivity contribution in [3.05, 3.63) is 24.3 Å². The zero-order valence-electron chi connectivity index (χ0n) is 9.06. The lowest BCUT2D eigenvalue weighted by atomic mass is 10.3. The van der Waals surface area contributed by atoms with Gasteiger partial charge in [-0.05, 0) is 13.3 Å². The molecule has 0 unspecified atom stereocenters. The lowest BCUT2D eigenvalue weighted by molar-refractivity contribution is -0.121. The van der Waals surface area contributed by atoms with Crippen LogP contribution in [0.3, 0.4) is 0 Å². The zero-order valence-corrected chi connectivity index (χ0v) is 9.06. The minimum atomic E-state index is -0.194. The highest BCUT2D eigenvalue weighted by atomic mass is 16.5. The molecule has 0 radical (unpaired) electrons. The summed E-state index contributed by atoms with van der Waals surface area (Å²) in [4.78, 5) is 11.1. The van der Waals surface area contributed by atoms with Crippen LogP contribution < -0.4 is 11.2 Å². The van der Waals surface area contributed by atoms with Crippen LogP contribution in [0, 0.1) is 0 Å². The third-order valence-electron chi connectivity index (χ3n) is 1.48. The molecule has 0 saturated heterocycles. The average Bonchev–Trinajstić information content (AvgIpc) is 2.25. The number of nitrogens with one attached hydrogen (secondary N) is 1. The summed E-state index contributed by atoms with van der Waals surface area (Å²) >= 11 is 0. The Hall–Kier alpha value is -1.78. The number of amidine groups is 1. The first-order chi connectivity index (χ1) is 7.20. The molecule has 0 aliphatic carbocycles. The van der Waals surface area contributed by atoms with E-state index in [2.05, 4.69) is 15.3 Å². The molecule has 5 nitrogen and oxygen atoms in total. The third kappa shape index (κ3) is 8.55. The smallest absolute Gasteiger partial charge is 0.303 e. The van der Waals surface area contributed by atoms with E-state index in [1.807, 2.05) is 31.2 Å². The maximum Gasteiger partial charge on any atom is 0.303 e. The number of allylic oxidation sites excluding steroid dienone is 4. The number of hydrogen-bond acceptors (Lipinski definition) is 3. The van der Waals surface area contributed by atoms with Gasteiger partial charge in [0.2, 0.25) is 5.91 Å². The van der Waals surface area contributed by atoms with E-state index in [0.717, 1.165) is 0 Å². The minimum Gasteiger partial charge on any atom is -0.468 e. The van der Waals surface area contributed by atoms with Gasteiger partial charge in [-0.25, -0.2) is 5.43 Å². The molecule has 0 fully saturated rings. The van der Waals surface area contributed by atoms with Crippen LogP contribution in [-0.4, -0.2) is 19.0 Å². The second-order valence-electron chi connectivity index (χ2n) is 2.68. The molecule has 0 aliphatic rings. The van der Waals surface area contributed by atoms with E-state index >= 15 is 0 Å². The van der Waals surface area contributed by atoms with Crippen molar-refractivity contribution in [2.75, 3.05) is 7.11 Å². The molecule has 3 N–H and O–H groups in total. The van der Waals surface area contributed by atoms with Crippen molar-refractivity contribution in [2.45, 2.75) is 19.8 Å². The summed E-state index contributed by atoms with van der Waals surface area (Å²) in [6, 6.07) is -0.0622. The molecular formula is C10H17N3O2. The van der Waals surface area contributed by atoms with Crippen molar-refractivity contribution in [1.82, 2.24) is 5.43 Å². The van der Waals surface area contributed by atoms with Crippen molar-refractivity contribution >= 4 is 11.9 Å². The molecule has 0 aromatic carbocycles. The molecule has 84 valence electrons. The standard InChI is InChI=1S/C10H17N3O2/c1-3-4-5-6-7-8-9(14)12-13-10(11)15-2/h3-6H,7-8H2,1-2H3,(H2,11,13)(H,12,14)/b4-3+,6-5+. The van der Waals surface area contributed by atoms with Gasteiger partial charge < -0.3 is 10.5 Å². The second-order valence-corrected chi connectivity index (χ2v) is 2.68. The fraction of sp³-hybridized carbons (Fsp3) is 0.400. The van der Waals surface area contributed by atoms with Crippen molar-refractivity contribution in [3.63, 3.8) is 0 Å². The quantitative estimate of drug-likeness (QED) is 0.307. The Kier molecular flexibility index (Phi) is 7.76. The molecule has 15 heavy (non-hydrogen) atoms. The second kappa shape index (κ2) is 8.80. The van der Waals surface area contributed by atoms with E-state index in [0.29, 0.717) is 12.8 Å². The highest BCUT2D eigenvalue weighted by Crippen LogP contribution is 1.91. The first kappa shape index (κ1) is 13.2. The maximum atomic E-state index is 11.1. The third-order valence-corrected chi connectivity index (χ3v) is 1.48. The van der Waals surface area contributed by atoms with Crippen LogP contribution >= 0.6 is 0 Å². The Balaban J connectivity index is 3.67. The van der Waals surface area contributed by atoms with Crippen LogP contribution in [0.2, 0.25) is 0 Å². The average molecular weight is 211 g/mol. The highest BCUT2D eigenvalue weighted by Gasteiger charge is 1.97. The van der Waals surface area contributed by atoms with Crippen LogP contribution in [-0.2, 0) is 9.53 Å². The number of methoxy groups -OCH3 is 1. The monoisotopic (exact) mass is 211 g/mol. The van der Waals surface area contributed by atoms with Gasteiger partial charge in [-0.15, -0.1) is 5.10 Å². The Morgan fingerprint density at radius 2 is 2.27 bits per heavy atom. The van der Waals surface area contributed by atoms with E-state index in [1.54, 1.807) is 0 Å². The largest absolute Gasteiger partial charge is 0.468 e. The van der Waals surface area contributed by atoms with Crippen LogP contribution in [0.5, 0.6) is 0 Å². The number of carbonyl (C=O) groups is 1. The SMILES string of the molecule is C/C=C/C=C/CCC(=O)NN=C(N)OC. The fourth-order valence-corrected chi connectivity index (χ4v) is 0.719. The molecular weight excluding hydrogens is 194 g/mol. The topological polar surface area (TPSA) is 76.7 Å². The van der Waals surface area contributed by atoms with Gasteiger partial charge in [0.15, 0.2) is 0 Å². The Labute approximate surface area is 89.7 Å². The molecule has 0 spiro atoms. The lowest BCUT2D eigenvalue weighted by Crippen LogP contribution is -2.23. The van der Waals surface area contributed by atoms with Gasteiger partial charge in [0.25, 0.3) is 0 Å². The molecule has 0 aromatic rings. The molecule has 1 amide bonds. The first-order valence-corrected chi connectivity index (χ1v) is 4.64. The summed E-state index contributed by atoms with van der Waals surface area (Å²) in [5, 5.41) is 3.49. The van der Waals surface area contributed by atoms with E-state index in [9.17, 15) is 4.79 Å². The minimum absolute atomic E-state index is 0.0622. The first-order valence-electron chi connectivity index (χ1n) is 4.64. The number of rotatable bonds is 5. The number of nitrogens with zero attached hydrogens (tertiary/aromatic N) is 1. The molecule has 0 bridgehead atoms. The van der Waals surface area contributed by atoms with Gasteiger partial charge in [-0.1, -0.05) is 24.3 Å². The van der Waals surface area contributed by atoms with Crippen molar-refractivity contribution < 1.29 is 9.53 Å². The van der Waals surface area contributed by atoms with Gasteiger partial charge in [0, 0.05) is 6.42 Å². The van der Waals surface area contributed by atoms with Crippen LogP contribution in [0.15, 0.2) is 29.4 Å². The van der Waals surface area contributed by atoms with E-state index in [-0.39, 0.29) is 11.9 Å². The molecule has 0 saturated carbocycles. The summed E-state index contributed by atoms with van der Waals surface area (Å²) in [6.07, 6.45) is 8.65. The van der Waals surface area contributed by atoms with Gasteiger partial charge in [0.1, 0.15) is 0 Å². The number of amides is 1. The summed E-state index contributed by atoms with van der Waals surface area (Å²) in [7, 11) is 1.38. The van der Waals surface area contributed by atoms with Gasteiger partial charge in [-0.2, -0.15) is 0 Å². The van der Waals surface area contributed by atoms with Crippen LogP contribution in [0.25, 0.3) is 0 Å². The fourth-order valence-electron chi connectivity index (χ4n) is 0.719. The summed E-state index contributed by atoms with van der Waals surface area (Å²) in [5.74, 6) is -0.194. The predicted octanol–water partition coefficient (Wildman–Crippen LogP) is 0.891. The van der Waals surface area contributed by atoms with E-state index in [1.165, 1.54) is 7.11 Å². The molecule has 0 aromatic heterocycles. The molecule has 5 heteroatoms. The Bertz CT molecular complexity index is 270. The van der Waals surface area contributed by atoms with Gasteiger partial charge in [0.05, 0.1) is 7.11 Å². The van der Waals surface area contributed by atoms with Crippen LogP contribution in [0.4, 0.5) is 0 Å². The Morgan fingerprint density at radius 3 is 2.87 bits per heavy atom. The lowest BCUT2D eigenvalue weighted by Gasteiger charge is -1.98. The molecule has 0 aliphatic heterocycles. The molecule has 0 rings (SSSR count). The maximum absolute atomic E-state index is 11.1. The predicted molar refractivity (Wildman–Crippen MR) is 60.0 cm³/mol. The van der Waals surface area contributed by atoms with Crippen molar-refractivity contribution in [1.29, 1.82) is 0 Å².